The summed E-state index contributed by atoms with van der Waals surface area (Å²) in [6, 6.07) is 7.41. The quantitative estimate of drug-likeness (QED) is 0.734. The Labute approximate surface area is 101 Å². The van der Waals surface area contributed by atoms with Crippen molar-refractivity contribution in [3.8, 4) is 5.75 Å². The molecule has 0 saturated heterocycles. The van der Waals surface area contributed by atoms with Gasteiger partial charge in [-0.3, -0.25) is 9.63 Å². The van der Waals surface area contributed by atoms with Crippen molar-refractivity contribution in [2.24, 2.45) is 0 Å². The van der Waals surface area contributed by atoms with Crippen molar-refractivity contribution in [3.63, 3.8) is 0 Å². The summed E-state index contributed by atoms with van der Waals surface area (Å²) >= 11 is 0. The van der Waals surface area contributed by atoms with Gasteiger partial charge in [0.15, 0.2) is 6.10 Å². The molecule has 0 aliphatic carbocycles. The summed E-state index contributed by atoms with van der Waals surface area (Å²) in [6.45, 7) is 5.37. The molecule has 0 radical (unpaired) electrons. The predicted octanol–water partition coefficient (Wildman–Crippen LogP) is 2.12. The van der Waals surface area contributed by atoms with E-state index in [9.17, 15) is 4.79 Å². The van der Waals surface area contributed by atoms with Crippen molar-refractivity contribution < 1.29 is 14.4 Å². The Kier molecular flexibility index (Phi) is 4.72. The molecule has 0 N–H and O–H groups in total. The van der Waals surface area contributed by atoms with Gasteiger partial charge >= 0.3 is 0 Å². The molecule has 1 aromatic rings. The first-order valence-electron chi connectivity index (χ1n) is 5.30. The molecule has 0 aliphatic rings. The molecule has 4 heteroatoms. The normalized spacial score (nSPS) is 11.7. The van der Waals surface area contributed by atoms with Gasteiger partial charge in [-0.25, -0.2) is 5.06 Å². The summed E-state index contributed by atoms with van der Waals surface area (Å²) in [7, 11) is 2.98. The van der Waals surface area contributed by atoms with Crippen molar-refractivity contribution in [1.29, 1.82) is 0 Å². The summed E-state index contributed by atoms with van der Waals surface area (Å²) in [6.07, 6.45) is 1.08. The maximum atomic E-state index is 11.7. The van der Waals surface area contributed by atoms with Gasteiger partial charge in [0.25, 0.3) is 5.91 Å². The Balaban J connectivity index is 2.77. The monoisotopic (exact) mass is 235 g/mol. The van der Waals surface area contributed by atoms with Gasteiger partial charge in [-0.2, -0.15) is 0 Å². The number of benzene rings is 1. The molecule has 0 bridgehead atoms. The largest absolute Gasteiger partial charge is 0.480 e. The van der Waals surface area contributed by atoms with E-state index in [1.807, 2.05) is 18.2 Å². The van der Waals surface area contributed by atoms with Crippen molar-refractivity contribution in [3.05, 3.63) is 36.4 Å². The maximum Gasteiger partial charge on any atom is 0.286 e. The maximum absolute atomic E-state index is 11.7. The van der Waals surface area contributed by atoms with Crippen LogP contribution in [0.4, 0.5) is 0 Å². The van der Waals surface area contributed by atoms with Crippen LogP contribution in [0, 0.1) is 0 Å². The number of amides is 1. The van der Waals surface area contributed by atoms with Gasteiger partial charge < -0.3 is 4.74 Å². The van der Waals surface area contributed by atoms with Crippen LogP contribution in [0.5, 0.6) is 5.75 Å². The second-order valence-electron chi connectivity index (χ2n) is 3.52. The molecule has 1 atom stereocenters. The molecule has 0 aromatic heterocycles. The topological polar surface area (TPSA) is 38.8 Å². The molecule has 92 valence electrons. The van der Waals surface area contributed by atoms with E-state index in [1.54, 1.807) is 26.1 Å². The Morgan fingerprint density at radius 1 is 1.47 bits per heavy atom. The molecule has 1 unspecified atom stereocenters. The van der Waals surface area contributed by atoms with Gasteiger partial charge in [-0.15, -0.1) is 0 Å². The van der Waals surface area contributed by atoms with Crippen LogP contribution in [0.25, 0.3) is 6.08 Å². The Morgan fingerprint density at radius 2 is 2.12 bits per heavy atom. The Bertz CT molecular complexity index is 403. The standard InChI is InChI=1S/C13H17NO3/c1-5-11-8-6-7-9-12(11)17-10(2)13(15)14(3)16-4/h5-10H,1H2,2-4H3. The van der Waals surface area contributed by atoms with Gasteiger partial charge in [-0.05, 0) is 13.0 Å². The van der Waals surface area contributed by atoms with E-state index in [1.165, 1.54) is 7.11 Å². The number of rotatable bonds is 5. The minimum Gasteiger partial charge on any atom is -0.480 e. The summed E-state index contributed by atoms with van der Waals surface area (Å²) in [5.41, 5.74) is 0.854. The molecule has 1 rings (SSSR count). The van der Waals surface area contributed by atoms with Crippen molar-refractivity contribution in [1.82, 2.24) is 5.06 Å². The number of hydrogen-bond acceptors (Lipinski definition) is 3. The highest BCUT2D eigenvalue weighted by Crippen LogP contribution is 2.20. The lowest BCUT2D eigenvalue weighted by Crippen LogP contribution is -2.37. The first kappa shape index (κ1) is 13.3. The Morgan fingerprint density at radius 3 is 2.71 bits per heavy atom. The van der Waals surface area contributed by atoms with E-state index in [-0.39, 0.29) is 5.91 Å². The number of para-hydroxylation sites is 1. The summed E-state index contributed by atoms with van der Waals surface area (Å²) in [4.78, 5) is 16.5. The van der Waals surface area contributed by atoms with Crippen LogP contribution in [0.3, 0.4) is 0 Å². The minimum absolute atomic E-state index is 0.244. The van der Waals surface area contributed by atoms with Crippen molar-refractivity contribution in [2.75, 3.05) is 14.2 Å². The number of hydroxylamine groups is 2. The number of carbonyl (C=O) groups excluding carboxylic acids is 1. The summed E-state index contributed by atoms with van der Waals surface area (Å²) in [5.74, 6) is 0.388. The van der Waals surface area contributed by atoms with Crippen molar-refractivity contribution in [2.45, 2.75) is 13.0 Å². The first-order chi connectivity index (χ1) is 8.10. The van der Waals surface area contributed by atoms with Gasteiger partial charge in [-0.1, -0.05) is 30.9 Å². The second-order valence-corrected chi connectivity index (χ2v) is 3.52. The van der Waals surface area contributed by atoms with E-state index in [0.29, 0.717) is 5.75 Å². The van der Waals surface area contributed by atoms with Crippen LogP contribution in [0.1, 0.15) is 12.5 Å². The summed E-state index contributed by atoms with van der Waals surface area (Å²) < 4.78 is 5.58. The van der Waals surface area contributed by atoms with E-state index < -0.39 is 6.10 Å². The van der Waals surface area contributed by atoms with Crippen LogP contribution in [-0.2, 0) is 9.63 Å². The van der Waals surface area contributed by atoms with Gasteiger partial charge in [0, 0.05) is 12.6 Å². The van der Waals surface area contributed by atoms with Gasteiger partial charge in [0.2, 0.25) is 0 Å². The van der Waals surface area contributed by atoms with E-state index in [4.69, 9.17) is 9.57 Å². The number of likely N-dealkylation sites (N-methyl/N-ethyl adjacent to an activating group) is 1. The number of hydrogen-bond donors (Lipinski definition) is 0. The van der Waals surface area contributed by atoms with Crippen molar-refractivity contribution >= 4 is 12.0 Å². The molecule has 4 nitrogen and oxygen atoms in total. The molecule has 0 spiro atoms. The molecule has 0 fully saturated rings. The smallest absolute Gasteiger partial charge is 0.286 e. The lowest BCUT2D eigenvalue weighted by Gasteiger charge is -2.20. The second kappa shape index (κ2) is 6.06. The third kappa shape index (κ3) is 3.32. The first-order valence-corrected chi connectivity index (χ1v) is 5.30. The Hall–Kier alpha value is -1.81. The highest BCUT2D eigenvalue weighted by molar-refractivity contribution is 5.79. The minimum atomic E-state index is -0.610. The average Bonchev–Trinajstić information content (AvgIpc) is 2.37. The van der Waals surface area contributed by atoms with Crippen LogP contribution >= 0.6 is 0 Å². The third-order valence-corrected chi connectivity index (χ3v) is 2.37. The van der Waals surface area contributed by atoms with E-state index >= 15 is 0 Å². The zero-order valence-electron chi connectivity index (χ0n) is 10.3. The zero-order chi connectivity index (χ0) is 12.8. The highest BCUT2D eigenvalue weighted by atomic mass is 16.7. The van der Waals surface area contributed by atoms with Gasteiger partial charge in [0.1, 0.15) is 5.75 Å². The third-order valence-electron chi connectivity index (χ3n) is 2.37. The summed E-state index contributed by atoms with van der Waals surface area (Å²) in [5, 5.41) is 1.14. The lowest BCUT2D eigenvalue weighted by molar-refractivity contribution is -0.175. The molecular weight excluding hydrogens is 218 g/mol. The highest BCUT2D eigenvalue weighted by Gasteiger charge is 2.19. The zero-order valence-corrected chi connectivity index (χ0v) is 10.3. The number of carbonyl (C=O) groups is 1. The molecule has 0 saturated carbocycles. The predicted molar refractivity (Wildman–Crippen MR) is 66.4 cm³/mol. The van der Waals surface area contributed by atoms with E-state index in [0.717, 1.165) is 10.6 Å². The molecular formula is C13H17NO3. The molecule has 0 heterocycles. The van der Waals surface area contributed by atoms with Crippen LogP contribution in [0.15, 0.2) is 30.8 Å². The van der Waals surface area contributed by atoms with Crippen LogP contribution in [0.2, 0.25) is 0 Å². The van der Waals surface area contributed by atoms with Gasteiger partial charge in [0.05, 0.1) is 7.11 Å². The molecule has 17 heavy (non-hydrogen) atoms. The molecule has 0 aliphatic heterocycles. The molecule has 1 aromatic carbocycles. The lowest BCUT2D eigenvalue weighted by atomic mass is 10.2. The fourth-order valence-corrected chi connectivity index (χ4v) is 1.34. The fourth-order valence-electron chi connectivity index (χ4n) is 1.34. The van der Waals surface area contributed by atoms with E-state index in [2.05, 4.69) is 6.58 Å². The SMILES string of the molecule is C=Cc1ccccc1OC(C)C(=O)N(C)OC. The molecule has 1 amide bonds. The van der Waals surface area contributed by atoms with Crippen LogP contribution < -0.4 is 4.74 Å². The number of nitrogens with zero attached hydrogens (tertiary/aromatic N) is 1. The van der Waals surface area contributed by atoms with Crippen LogP contribution in [-0.4, -0.2) is 31.2 Å². The number of ether oxygens (including phenoxy) is 1. The average molecular weight is 235 g/mol. The fraction of sp³-hybridized carbons (Fsp3) is 0.308.